The number of nitro benzene ring substituents is 1. The van der Waals surface area contributed by atoms with Gasteiger partial charge in [-0.05, 0) is 49.6 Å². The van der Waals surface area contributed by atoms with Crippen molar-refractivity contribution in [2.75, 3.05) is 31.1 Å². The molecule has 0 saturated carbocycles. The highest BCUT2D eigenvalue weighted by Gasteiger charge is 2.25. The molecule has 0 unspecified atom stereocenters. The molecule has 2 aromatic rings. The van der Waals surface area contributed by atoms with Crippen LogP contribution in [0.5, 0.6) is 0 Å². The van der Waals surface area contributed by atoms with Gasteiger partial charge in [-0.25, -0.2) is 8.42 Å². The number of nitrogens with zero attached hydrogens (tertiary/aromatic N) is 3. The van der Waals surface area contributed by atoms with E-state index in [1.807, 2.05) is 4.90 Å². The van der Waals surface area contributed by atoms with Gasteiger partial charge in [-0.15, -0.1) is 0 Å². The summed E-state index contributed by atoms with van der Waals surface area (Å²) in [6.07, 6.45) is 1.98. The SMILES string of the molecule is CCN(CC)S(=O)(=O)c1ccc([C@@H](C)NC(=O)c2ccc(N3CCCC3)c([N+](=O)[O-])c2)cc1. The highest BCUT2D eigenvalue weighted by atomic mass is 32.2. The fourth-order valence-corrected chi connectivity index (χ4v) is 5.50. The van der Waals surface area contributed by atoms with Gasteiger partial charge in [0.15, 0.2) is 0 Å². The number of hydrogen-bond acceptors (Lipinski definition) is 6. The molecular formula is C23H30N4O5S. The molecule has 0 radical (unpaired) electrons. The van der Waals surface area contributed by atoms with Crippen LogP contribution in [0.1, 0.15) is 55.6 Å². The third kappa shape index (κ3) is 5.33. The van der Waals surface area contributed by atoms with Gasteiger partial charge in [0.05, 0.1) is 15.9 Å². The van der Waals surface area contributed by atoms with Gasteiger partial charge >= 0.3 is 0 Å². The zero-order valence-corrected chi connectivity index (χ0v) is 20.0. The maximum Gasteiger partial charge on any atom is 0.293 e. The van der Waals surface area contributed by atoms with E-state index < -0.39 is 26.9 Å². The number of amides is 1. The molecule has 1 amide bonds. The Morgan fingerprint density at radius 3 is 2.27 bits per heavy atom. The van der Waals surface area contributed by atoms with Crippen LogP contribution in [0.25, 0.3) is 0 Å². The minimum Gasteiger partial charge on any atom is -0.366 e. The highest BCUT2D eigenvalue weighted by Crippen LogP contribution is 2.32. The summed E-state index contributed by atoms with van der Waals surface area (Å²) in [7, 11) is -3.56. The first kappa shape index (κ1) is 24.7. The van der Waals surface area contributed by atoms with Gasteiger partial charge in [0.25, 0.3) is 11.6 Å². The van der Waals surface area contributed by atoms with Gasteiger partial charge in [0, 0.05) is 37.8 Å². The molecule has 1 saturated heterocycles. The molecule has 3 rings (SSSR count). The van der Waals surface area contributed by atoms with Crippen molar-refractivity contribution in [1.82, 2.24) is 9.62 Å². The number of carbonyl (C=O) groups excluding carboxylic acids is 1. The molecular weight excluding hydrogens is 444 g/mol. The molecule has 1 aliphatic heterocycles. The quantitative estimate of drug-likeness (QED) is 0.438. The Labute approximate surface area is 194 Å². The lowest BCUT2D eigenvalue weighted by Gasteiger charge is -2.20. The maximum absolute atomic E-state index is 12.8. The van der Waals surface area contributed by atoms with E-state index in [4.69, 9.17) is 0 Å². The number of sulfonamides is 1. The first-order valence-electron chi connectivity index (χ1n) is 11.1. The zero-order chi connectivity index (χ0) is 24.2. The second kappa shape index (κ2) is 10.3. The third-order valence-corrected chi connectivity index (χ3v) is 8.02. The summed E-state index contributed by atoms with van der Waals surface area (Å²) in [6, 6.07) is 10.5. The van der Waals surface area contributed by atoms with Crippen LogP contribution in [0, 0.1) is 10.1 Å². The van der Waals surface area contributed by atoms with Crippen molar-refractivity contribution in [3.05, 3.63) is 63.7 Å². The Bertz CT molecular complexity index is 1110. The smallest absolute Gasteiger partial charge is 0.293 e. The molecule has 1 N–H and O–H groups in total. The van der Waals surface area contributed by atoms with Crippen molar-refractivity contribution in [2.45, 2.75) is 44.6 Å². The van der Waals surface area contributed by atoms with E-state index in [-0.39, 0.29) is 16.1 Å². The van der Waals surface area contributed by atoms with E-state index >= 15 is 0 Å². The van der Waals surface area contributed by atoms with Crippen LogP contribution in [-0.4, -0.2) is 49.7 Å². The molecule has 0 bridgehead atoms. The van der Waals surface area contributed by atoms with Crippen molar-refractivity contribution < 1.29 is 18.1 Å². The second-order valence-electron chi connectivity index (χ2n) is 8.01. The first-order valence-corrected chi connectivity index (χ1v) is 12.6. The van der Waals surface area contributed by atoms with Crippen LogP contribution in [-0.2, 0) is 10.0 Å². The van der Waals surface area contributed by atoms with Crippen molar-refractivity contribution in [3.8, 4) is 0 Å². The third-order valence-electron chi connectivity index (χ3n) is 5.95. The summed E-state index contributed by atoms with van der Waals surface area (Å²) in [6.45, 7) is 7.65. The van der Waals surface area contributed by atoms with Crippen LogP contribution in [0.15, 0.2) is 47.4 Å². The zero-order valence-electron chi connectivity index (χ0n) is 19.2. The van der Waals surface area contributed by atoms with Gasteiger partial charge in [0.2, 0.25) is 10.0 Å². The predicted molar refractivity (Wildman–Crippen MR) is 127 cm³/mol. The van der Waals surface area contributed by atoms with Crippen LogP contribution in [0.2, 0.25) is 0 Å². The second-order valence-corrected chi connectivity index (χ2v) is 9.95. The maximum atomic E-state index is 12.8. The molecule has 33 heavy (non-hydrogen) atoms. The number of nitrogens with one attached hydrogen (secondary N) is 1. The number of rotatable bonds is 9. The summed E-state index contributed by atoms with van der Waals surface area (Å²) in [5.74, 6) is -0.432. The summed E-state index contributed by atoms with van der Waals surface area (Å²) < 4.78 is 26.7. The van der Waals surface area contributed by atoms with Crippen LogP contribution >= 0.6 is 0 Å². The Morgan fingerprint density at radius 1 is 1.12 bits per heavy atom. The molecule has 0 aromatic heterocycles. The minimum atomic E-state index is -3.56. The van der Waals surface area contributed by atoms with Gasteiger partial charge in [-0.1, -0.05) is 26.0 Å². The van der Waals surface area contributed by atoms with Gasteiger partial charge < -0.3 is 10.2 Å². The molecule has 10 heteroatoms. The van der Waals surface area contributed by atoms with Gasteiger partial charge in [-0.3, -0.25) is 14.9 Å². The Hall–Kier alpha value is -2.98. The lowest BCUT2D eigenvalue weighted by molar-refractivity contribution is -0.384. The standard InChI is InChI=1S/C23H30N4O5S/c1-4-26(5-2)33(31,32)20-11-8-18(9-12-20)17(3)24-23(28)19-10-13-21(22(16-19)27(29)30)25-14-6-7-15-25/h8-13,16-17H,4-7,14-15H2,1-3H3,(H,24,28)/t17-/m1/s1. The van der Waals surface area contributed by atoms with E-state index in [0.717, 1.165) is 31.5 Å². The van der Waals surface area contributed by atoms with Crippen molar-refractivity contribution in [3.63, 3.8) is 0 Å². The summed E-state index contributed by atoms with van der Waals surface area (Å²) in [5, 5.41) is 14.4. The van der Waals surface area contributed by atoms with Crippen molar-refractivity contribution in [2.24, 2.45) is 0 Å². The van der Waals surface area contributed by atoms with Crippen molar-refractivity contribution >= 4 is 27.3 Å². The van der Waals surface area contributed by atoms with Gasteiger partial charge in [0.1, 0.15) is 5.69 Å². The monoisotopic (exact) mass is 474 g/mol. The number of carbonyl (C=O) groups is 1. The lowest BCUT2D eigenvalue weighted by Crippen LogP contribution is -2.30. The minimum absolute atomic E-state index is 0.0804. The fourth-order valence-electron chi connectivity index (χ4n) is 4.04. The van der Waals surface area contributed by atoms with E-state index in [0.29, 0.717) is 18.8 Å². The van der Waals surface area contributed by atoms with Gasteiger partial charge in [-0.2, -0.15) is 4.31 Å². The largest absolute Gasteiger partial charge is 0.366 e. The molecule has 1 fully saturated rings. The Balaban J connectivity index is 1.75. The van der Waals surface area contributed by atoms with Crippen LogP contribution in [0.3, 0.4) is 0 Å². The lowest BCUT2D eigenvalue weighted by atomic mass is 10.1. The molecule has 1 atom stereocenters. The summed E-state index contributed by atoms with van der Waals surface area (Å²) in [4.78, 5) is 26.1. The molecule has 1 aliphatic rings. The Morgan fingerprint density at radius 2 is 1.73 bits per heavy atom. The number of anilines is 1. The predicted octanol–water partition coefficient (Wildman–Crippen LogP) is 3.72. The van der Waals surface area contributed by atoms with E-state index in [1.54, 1.807) is 45.0 Å². The molecule has 9 nitrogen and oxygen atoms in total. The molecule has 0 spiro atoms. The molecule has 0 aliphatic carbocycles. The van der Waals surface area contributed by atoms with Crippen molar-refractivity contribution in [1.29, 1.82) is 0 Å². The normalized spacial score (nSPS) is 15.0. The highest BCUT2D eigenvalue weighted by molar-refractivity contribution is 7.89. The van der Waals surface area contributed by atoms with E-state index in [1.165, 1.54) is 22.5 Å². The molecule has 178 valence electrons. The first-order chi connectivity index (χ1) is 15.7. The Kier molecular flexibility index (Phi) is 7.70. The number of hydrogen-bond donors (Lipinski definition) is 1. The van der Waals surface area contributed by atoms with E-state index in [9.17, 15) is 23.3 Å². The summed E-state index contributed by atoms with van der Waals surface area (Å²) >= 11 is 0. The molecule has 2 aromatic carbocycles. The topological polar surface area (TPSA) is 113 Å². The number of benzene rings is 2. The average molecular weight is 475 g/mol. The number of nitro groups is 1. The fraction of sp³-hybridized carbons (Fsp3) is 0.435. The average Bonchev–Trinajstić information content (AvgIpc) is 3.34. The summed E-state index contributed by atoms with van der Waals surface area (Å²) in [5.41, 5.74) is 1.39. The molecule has 1 heterocycles. The van der Waals surface area contributed by atoms with Crippen LogP contribution < -0.4 is 10.2 Å². The van der Waals surface area contributed by atoms with Crippen LogP contribution in [0.4, 0.5) is 11.4 Å². The van der Waals surface area contributed by atoms with E-state index in [2.05, 4.69) is 5.32 Å².